The van der Waals surface area contributed by atoms with Gasteiger partial charge in [0.15, 0.2) is 0 Å². The normalized spacial score (nSPS) is 12.4. The van der Waals surface area contributed by atoms with Crippen LogP contribution in [0.3, 0.4) is 0 Å². The van der Waals surface area contributed by atoms with Crippen molar-refractivity contribution < 1.29 is 24.5 Å². The predicted molar refractivity (Wildman–Crippen MR) is 403 cm³/mol. The molecule has 2 unspecified atom stereocenters. The van der Waals surface area contributed by atoms with Gasteiger partial charge in [0, 0.05) is 12.8 Å². The minimum atomic E-state index is -0.663. The Morgan fingerprint density at radius 3 is 0.780 bits per heavy atom. The van der Waals surface area contributed by atoms with E-state index in [0.29, 0.717) is 25.9 Å². The van der Waals surface area contributed by atoms with E-state index in [2.05, 4.69) is 31.3 Å². The van der Waals surface area contributed by atoms with Gasteiger partial charge in [-0.1, -0.05) is 443 Å². The van der Waals surface area contributed by atoms with E-state index in [9.17, 15) is 19.8 Å². The minimum absolute atomic E-state index is 0.0213. The van der Waals surface area contributed by atoms with Gasteiger partial charge in [-0.05, 0) is 51.4 Å². The Morgan fingerprint density at radius 2 is 0.516 bits per heavy atom. The summed E-state index contributed by atoms with van der Waals surface area (Å²) in [7, 11) is 0. The number of esters is 1. The molecule has 0 rings (SSSR count). The first-order valence-corrected chi connectivity index (χ1v) is 42.4. The van der Waals surface area contributed by atoms with E-state index in [4.69, 9.17) is 4.74 Å². The molecule has 6 heteroatoms. The molecule has 1 amide bonds. The Hall–Kier alpha value is -1.40. The molecule has 91 heavy (non-hydrogen) atoms. The van der Waals surface area contributed by atoms with E-state index < -0.39 is 12.1 Å². The monoisotopic (exact) mass is 1280 g/mol. The molecule has 0 heterocycles. The van der Waals surface area contributed by atoms with Crippen molar-refractivity contribution in [3.63, 3.8) is 0 Å². The van der Waals surface area contributed by atoms with E-state index in [-0.39, 0.29) is 18.5 Å². The second kappa shape index (κ2) is 81.0. The third-order valence-corrected chi connectivity index (χ3v) is 20.3. The van der Waals surface area contributed by atoms with Crippen molar-refractivity contribution in [2.24, 2.45) is 0 Å². The molecule has 0 radical (unpaired) electrons. The zero-order valence-corrected chi connectivity index (χ0v) is 62.4. The van der Waals surface area contributed by atoms with Crippen LogP contribution in [0.25, 0.3) is 0 Å². The van der Waals surface area contributed by atoms with Crippen molar-refractivity contribution >= 4 is 11.9 Å². The third-order valence-electron chi connectivity index (χ3n) is 20.3. The van der Waals surface area contributed by atoms with Gasteiger partial charge in [-0.2, -0.15) is 0 Å². The van der Waals surface area contributed by atoms with Gasteiger partial charge in [0.25, 0.3) is 0 Å². The molecule has 0 aliphatic heterocycles. The van der Waals surface area contributed by atoms with E-state index >= 15 is 0 Å². The number of aliphatic hydroxyl groups is 2. The lowest BCUT2D eigenvalue weighted by Gasteiger charge is -2.22. The Bertz CT molecular complexity index is 1380. The Balaban J connectivity index is 3.32. The summed E-state index contributed by atoms with van der Waals surface area (Å²) in [6.07, 6.45) is 103. The van der Waals surface area contributed by atoms with Gasteiger partial charge in [-0.3, -0.25) is 9.59 Å². The third kappa shape index (κ3) is 77.5. The Labute approximate surface area is 571 Å². The molecule has 2 atom stereocenters. The summed E-state index contributed by atoms with van der Waals surface area (Å²) in [6.45, 7) is 5.02. The fraction of sp³-hybridized carbons (Fsp3) is 0.953. The molecule has 0 saturated heterocycles. The highest BCUT2D eigenvalue weighted by molar-refractivity contribution is 5.76. The van der Waals surface area contributed by atoms with Crippen LogP contribution < -0.4 is 5.32 Å². The molecule has 0 saturated carbocycles. The molecule has 0 fully saturated rings. The van der Waals surface area contributed by atoms with Crippen molar-refractivity contribution in [2.45, 2.75) is 508 Å². The zero-order chi connectivity index (χ0) is 65.6. The van der Waals surface area contributed by atoms with Crippen LogP contribution in [0.15, 0.2) is 12.2 Å². The highest BCUT2D eigenvalue weighted by Crippen LogP contribution is 2.21. The van der Waals surface area contributed by atoms with Crippen molar-refractivity contribution in [3.05, 3.63) is 12.2 Å². The number of carbonyl (C=O) groups is 2. The molecule has 0 aromatic rings. The molecule has 0 spiro atoms. The number of hydrogen-bond acceptors (Lipinski definition) is 5. The van der Waals surface area contributed by atoms with Crippen LogP contribution in [0.1, 0.15) is 495 Å². The lowest BCUT2D eigenvalue weighted by molar-refractivity contribution is -0.143. The number of allylic oxidation sites excluding steroid dienone is 2. The van der Waals surface area contributed by atoms with Crippen LogP contribution in [0.5, 0.6) is 0 Å². The largest absolute Gasteiger partial charge is 0.466 e. The molecule has 0 aliphatic rings. The topological polar surface area (TPSA) is 95.9 Å². The summed E-state index contributed by atoms with van der Waals surface area (Å²) in [5.74, 6) is -0.00302. The fourth-order valence-corrected chi connectivity index (χ4v) is 13.9. The average molecular weight is 1280 g/mol. The number of carbonyl (C=O) groups excluding carboxylic acids is 2. The van der Waals surface area contributed by atoms with Crippen molar-refractivity contribution in [1.29, 1.82) is 0 Å². The molecule has 0 aromatic carbocycles. The molecule has 6 nitrogen and oxygen atoms in total. The number of rotatable bonds is 81. The van der Waals surface area contributed by atoms with Gasteiger partial charge in [0.2, 0.25) is 5.91 Å². The predicted octanol–water partition coefficient (Wildman–Crippen LogP) is 28.2. The maximum absolute atomic E-state index is 12.6. The molecule has 3 N–H and O–H groups in total. The van der Waals surface area contributed by atoms with Crippen LogP contribution >= 0.6 is 0 Å². The SMILES string of the molecule is CCCCCCCC/C=C\CCCCCCCCCCCC(=O)OCCCCCCCCCCCCCCCCCCCCCCCCCCCCCCCCC(=O)NC(CO)C(O)CCCCCCCCCCCCCCCCCCCCCCCCCCC. The van der Waals surface area contributed by atoms with E-state index in [1.165, 1.54) is 424 Å². The van der Waals surface area contributed by atoms with Crippen LogP contribution in [0, 0.1) is 0 Å². The highest BCUT2D eigenvalue weighted by Gasteiger charge is 2.20. The van der Waals surface area contributed by atoms with Crippen LogP contribution in [-0.4, -0.2) is 47.4 Å². The van der Waals surface area contributed by atoms with Crippen molar-refractivity contribution in [2.75, 3.05) is 13.2 Å². The number of aliphatic hydroxyl groups excluding tert-OH is 2. The quantitative estimate of drug-likeness (QED) is 0.0320. The summed E-state index contributed by atoms with van der Waals surface area (Å²) in [5, 5.41) is 23.5. The highest BCUT2D eigenvalue weighted by atomic mass is 16.5. The molecule has 0 bridgehead atoms. The summed E-state index contributed by atoms with van der Waals surface area (Å²) < 4.78 is 5.52. The Kier molecular flexibility index (Phi) is 79.8. The minimum Gasteiger partial charge on any atom is -0.466 e. The fourth-order valence-electron chi connectivity index (χ4n) is 13.9. The average Bonchev–Trinajstić information content (AvgIpc) is 3.65. The first-order valence-electron chi connectivity index (χ1n) is 42.4. The number of unbranched alkanes of at least 4 members (excludes halogenated alkanes) is 68. The van der Waals surface area contributed by atoms with E-state index in [0.717, 1.165) is 38.5 Å². The van der Waals surface area contributed by atoms with Crippen molar-refractivity contribution in [1.82, 2.24) is 5.32 Å². The van der Waals surface area contributed by atoms with Gasteiger partial charge in [-0.25, -0.2) is 0 Å². The lowest BCUT2D eigenvalue weighted by atomic mass is 10.0. The standard InChI is InChI=1S/C85H167NO5/c1-3-5-7-9-11-13-15-17-19-21-23-24-25-32-35-38-42-45-49-53-57-61-65-69-73-77-83(88)82(81-87)86-84(89)78-74-70-66-62-58-54-50-46-43-39-36-33-30-28-26-27-29-31-34-37-40-44-48-52-56-60-64-68-72-76-80-91-85(90)79-75-71-67-63-59-55-51-47-41-22-20-18-16-14-12-10-8-6-4-2/h18,20,82-83,87-88H,3-17,19,21-81H2,1-2H3,(H,86,89)/b20-18-. The number of nitrogens with one attached hydrogen (secondary N) is 1. The van der Waals surface area contributed by atoms with Gasteiger partial charge in [0.1, 0.15) is 0 Å². The molecule has 0 aliphatic carbocycles. The second-order valence-corrected chi connectivity index (χ2v) is 29.5. The zero-order valence-electron chi connectivity index (χ0n) is 62.4. The maximum atomic E-state index is 12.6. The smallest absolute Gasteiger partial charge is 0.305 e. The molecular formula is C85H167NO5. The van der Waals surface area contributed by atoms with Gasteiger partial charge in [0.05, 0.1) is 25.4 Å². The summed E-state index contributed by atoms with van der Waals surface area (Å²) in [6, 6.07) is -0.540. The number of amides is 1. The second-order valence-electron chi connectivity index (χ2n) is 29.5. The number of hydrogen-bond donors (Lipinski definition) is 3. The van der Waals surface area contributed by atoms with E-state index in [1.54, 1.807) is 0 Å². The van der Waals surface area contributed by atoms with E-state index in [1.807, 2.05) is 0 Å². The molecular weight excluding hydrogens is 1110 g/mol. The summed E-state index contributed by atoms with van der Waals surface area (Å²) in [5.41, 5.74) is 0. The van der Waals surface area contributed by atoms with Crippen molar-refractivity contribution in [3.8, 4) is 0 Å². The van der Waals surface area contributed by atoms with Crippen LogP contribution in [0.2, 0.25) is 0 Å². The van der Waals surface area contributed by atoms with Gasteiger partial charge < -0.3 is 20.3 Å². The first kappa shape index (κ1) is 89.6. The Morgan fingerprint density at radius 1 is 0.297 bits per heavy atom. The van der Waals surface area contributed by atoms with Gasteiger partial charge in [-0.15, -0.1) is 0 Å². The number of ether oxygens (including phenoxy) is 1. The summed E-state index contributed by atoms with van der Waals surface area (Å²) in [4.78, 5) is 24.7. The first-order chi connectivity index (χ1) is 45.0. The molecule has 542 valence electrons. The molecule has 0 aromatic heterocycles. The van der Waals surface area contributed by atoms with Gasteiger partial charge >= 0.3 is 5.97 Å². The maximum Gasteiger partial charge on any atom is 0.305 e. The summed E-state index contributed by atoms with van der Waals surface area (Å²) >= 11 is 0. The lowest BCUT2D eigenvalue weighted by Crippen LogP contribution is -2.45. The van der Waals surface area contributed by atoms with Crippen LogP contribution in [0.4, 0.5) is 0 Å². The van der Waals surface area contributed by atoms with Crippen LogP contribution in [-0.2, 0) is 14.3 Å².